The van der Waals surface area contributed by atoms with Crippen molar-refractivity contribution in [2.24, 2.45) is 13.0 Å². The number of ketones is 1. The maximum absolute atomic E-state index is 14.1. The number of halogens is 2. The third-order valence-corrected chi connectivity index (χ3v) is 7.78. The summed E-state index contributed by atoms with van der Waals surface area (Å²) < 4.78 is 30.7. The fourth-order valence-electron chi connectivity index (χ4n) is 5.53. The van der Waals surface area contributed by atoms with E-state index in [2.05, 4.69) is 5.32 Å². The Morgan fingerprint density at radius 3 is 2.51 bits per heavy atom. The van der Waals surface area contributed by atoms with Gasteiger partial charge in [0.25, 0.3) is 11.5 Å². The number of pyridine rings is 1. The van der Waals surface area contributed by atoms with Crippen LogP contribution >= 0.6 is 0 Å². The number of hydroxylamine groups is 2. The average Bonchev–Trinajstić information content (AvgIpc) is 3.56. The maximum atomic E-state index is 14.1. The molecule has 2 aromatic carbocycles. The molecule has 1 saturated heterocycles. The quantitative estimate of drug-likeness (QED) is 0.313. The normalized spacial score (nSPS) is 16.9. The minimum atomic E-state index is -0.964. The summed E-state index contributed by atoms with van der Waals surface area (Å²) in [6.45, 7) is 4.82. The van der Waals surface area contributed by atoms with Gasteiger partial charge in [-0.05, 0) is 48.4 Å². The Kier molecular flexibility index (Phi) is 8.65. The number of benzene rings is 2. The number of para-hydroxylation sites is 1. The molecule has 0 saturated carbocycles. The summed E-state index contributed by atoms with van der Waals surface area (Å²) in [4.78, 5) is 44.7. The molecule has 1 aliphatic rings. The van der Waals surface area contributed by atoms with Crippen LogP contribution in [0.15, 0.2) is 65.6 Å². The number of rotatable bonds is 9. The second-order valence-electron chi connectivity index (χ2n) is 10.7. The van der Waals surface area contributed by atoms with Crippen molar-refractivity contribution in [2.75, 3.05) is 20.1 Å². The second-order valence-corrected chi connectivity index (χ2v) is 10.7. The number of nitrogens with zero attached hydrogens (tertiary/aromatic N) is 4. The predicted molar refractivity (Wildman–Crippen MR) is 157 cm³/mol. The van der Waals surface area contributed by atoms with Crippen LogP contribution in [0, 0.1) is 24.5 Å². The Hall–Kier alpha value is -4.48. The standard InChI is InChI=1S/C32H33F2N5O4/c1-5-38-18-22(30(43-38)20-11-12-26(33)27(34)15-20)13-24(40)16-28-19(2)29(36-39(28)23-9-7-6-8-10-23)21-14-25(31(41)35-3)32(42)37(4)17-21/h6-12,14-15,17,22,30H,5,13,16,18H2,1-4H3,(H,35,41)/t22-,30+/m1/s1. The summed E-state index contributed by atoms with van der Waals surface area (Å²) in [6, 6.07) is 14.6. The van der Waals surface area contributed by atoms with Gasteiger partial charge in [-0.2, -0.15) is 10.2 Å². The highest BCUT2D eigenvalue weighted by Gasteiger charge is 2.36. The number of Topliss-reactive ketones (excluding diaryl/α,β-unsaturated/α-hetero) is 1. The van der Waals surface area contributed by atoms with Crippen LogP contribution in [-0.2, 0) is 23.1 Å². The molecule has 0 radical (unpaired) electrons. The van der Waals surface area contributed by atoms with Crippen LogP contribution in [0.5, 0.6) is 0 Å². The third kappa shape index (κ3) is 6.04. The molecule has 1 amide bonds. The smallest absolute Gasteiger partial charge is 0.263 e. The molecule has 1 aliphatic heterocycles. The zero-order valence-corrected chi connectivity index (χ0v) is 24.4. The van der Waals surface area contributed by atoms with Crippen molar-refractivity contribution in [3.63, 3.8) is 0 Å². The molecule has 43 heavy (non-hydrogen) atoms. The molecule has 224 valence electrons. The van der Waals surface area contributed by atoms with Crippen LogP contribution in [0.25, 0.3) is 16.9 Å². The molecule has 0 aliphatic carbocycles. The molecule has 1 N–H and O–H groups in total. The molecule has 0 spiro atoms. The van der Waals surface area contributed by atoms with E-state index in [0.29, 0.717) is 35.6 Å². The number of hydrogen-bond donors (Lipinski definition) is 1. The number of hydrogen-bond acceptors (Lipinski definition) is 6. The summed E-state index contributed by atoms with van der Waals surface area (Å²) >= 11 is 0. The largest absolute Gasteiger partial charge is 0.355 e. The SMILES string of the molecule is CCN1C[C@@H](CC(=O)Cc2c(C)c(-c3cc(C(=O)NC)c(=O)n(C)c3)nn2-c2ccccc2)[C@H](c2ccc(F)c(F)c2)O1. The Morgan fingerprint density at radius 2 is 1.84 bits per heavy atom. The molecule has 4 aromatic rings. The lowest BCUT2D eigenvalue weighted by atomic mass is 9.90. The van der Waals surface area contributed by atoms with Crippen molar-refractivity contribution in [1.82, 2.24) is 24.7 Å². The molecule has 9 nitrogen and oxygen atoms in total. The molecule has 1 fully saturated rings. The predicted octanol–water partition coefficient (Wildman–Crippen LogP) is 4.31. The van der Waals surface area contributed by atoms with Gasteiger partial charge in [0.1, 0.15) is 17.5 Å². The molecular formula is C32H33F2N5O4. The van der Waals surface area contributed by atoms with Gasteiger partial charge in [0.2, 0.25) is 0 Å². The van der Waals surface area contributed by atoms with E-state index < -0.39 is 29.2 Å². The number of carbonyl (C=O) groups is 2. The summed E-state index contributed by atoms with van der Waals surface area (Å²) in [5, 5.41) is 9.07. The molecule has 3 heterocycles. The van der Waals surface area contributed by atoms with Gasteiger partial charge in [-0.25, -0.2) is 13.5 Å². The fourth-order valence-corrected chi connectivity index (χ4v) is 5.53. The lowest BCUT2D eigenvalue weighted by Gasteiger charge is -2.18. The highest BCUT2D eigenvalue weighted by molar-refractivity contribution is 5.94. The van der Waals surface area contributed by atoms with Crippen molar-refractivity contribution in [2.45, 2.75) is 32.8 Å². The number of amides is 1. The summed E-state index contributed by atoms with van der Waals surface area (Å²) in [6.07, 6.45) is 1.22. The van der Waals surface area contributed by atoms with E-state index >= 15 is 0 Å². The number of nitrogens with one attached hydrogen (secondary N) is 1. The van der Waals surface area contributed by atoms with Crippen LogP contribution in [0.1, 0.15) is 46.6 Å². The lowest BCUT2D eigenvalue weighted by molar-refractivity contribution is -0.146. The number of aromatic nitrogens is 3. The van der Waals surface area contributed by atoms with E-state index in [1.807, 2.05) is 44.2 Å². The first kappa shape index (κ1) is 30.0. The number of carbonyl (C=O) groups excluding carboxylic acids is 2. The van der Waals surface area contributed by atoms with E-state index in [1.165, 1.54) is 23.7 Å². The molecule has 5 rings (SSSR count). The minimum Gasteiger partial charge on any atom is -0.355 e. The average molecular weight is 590 g/mol. The molecule has 2 atom stereocenters. The summed E-state index contributed by atoms with van der Waals surface area (Å²) in [7, 11) is 3.03. The van der Waals surface area contributed by atoms with Crippen LogP contribution in [0.2, 0.25) is 0 Å². The first-order chi connectivity index (χ1) is 20.6. The lowest BCUT2D eigenvalue weighted by Crippen LogP contribution is -2.30. The Morgan fingerprint density at radius 1 is 1.09 bits per heavy atom. The third-order valence-electron chi connectivity index (χ3n) is 7.78. The molecule has 0 unspecified atom stereocenters. The van der Waals surface area contributed by atoms with Crippen molar-refractivity contribution in [1.29, 1.82) is 0 Å². The highest BCUT2D eigenvalue weighted by Crippen LogP contribution is 2.37. The van der Waals surface area contributed by atoms with Gasteiger partial charge in [0, 0.05) is 57.7 Å². The molecular weight excluding hydrogens is 556 g/mol. The van der Waals surface area contributed by atoms with Crippen LogP contribution < -0.4 is 10.9 Å². The van der Waals surface area contributed by atoms with E-state index in [4.69, 9.17) is 9.94 Å². The fraction of sp³-hybridized carbons (Fsp3) is 0.312. The summed E-state index contributed by atoms with van der Waals surface area (Å²) in [5.74, 6) is -2.76. The summed E-state index contributed by atoms with van der Waals surface area (Å²) in [5.41, 5.74) is 3.26. The van der Waals surface area contributed by atoms with E-state index in [-0.39, 0.29) is 30.1 Å². The Bertz CT molecular complexity index is 1730. The van der Waals surface area contributed by atoms with Crippen LogP contribution in [-0.4, -0.2) is 51.2 Å². The Balaban J connectivity index is 1.50. The highest BCUT2D eigenvalue weighted by atomic mass is 19.2. The zero-order chi connectivity index (χ0) is 30.8. The first-order valence-corrected chi connectivity index (χ1v) is 14.1. The topological polar surface area (TPSA) is 98.5 Å². The molecule has 0 bridgehead atoms. The molecule has 2 aromatic heterocycles. The van der Waals surface area contributed by atoms with Crippen molar-refractivity contribution >= 4 is 11.7 Å². The van der Waals surface area contributed by atoms with Crippen molar-refractivity contribution < 1.29 is 23.2 Å². The van der Waals surface area contributed by atoms with Gasteiger partial charge in [-0.3, -0.25) is 19.2 Å². The van der Waals surface area contributed by atoms with Gasteiger partial charge < -0.3 is 9.88 Å². The van der Waals surface area contributed by atoms with Crippen molar-refractivity contribution in [3.05, 3.63) is 105 Å². The second kappa shape index (κ2) is 12.4. The van der Waals surface area contributed by atoms with Crippen LogP contribution in [0.3, 0.4) is 0 Å². The Labute approximate surface area is 247 Å². The number of aryl methyl sites for hydroxylation is 1. The minimum absolute atomic E-state index is 0.0150. The van der Waals surface area contributed by atoms with Gasteiger partial charge in [0.05, 0.1) is 17.1 Å². The van der Waals surface area contributed by atoms with Crippen molar-refractivity contribution in [3.8, 4) is 16.9 Å². The van der Waals surface area contributed by atoms with Gasteiger partial charge >= 0.3 is 0 Å². The van der Waals surface area contributed by atoms with E-state index in [1.54, 1.807) is 23.0 Å². The maximum Gasteiger partial charge on any atom is 0.263 e. The first-order valence-electron chi connectivity index (χ1n) is 14.1. The van der Waals surface area contributed by atoms with Gasteiger partial charge in [-0.1, -0.05) is 31.2 Å². The van der Waals surface area contributed by atoms with Gasteiger partial charge in [0.15, 0.2) is 11.6 Å². The van der Waals surface area contributed by atoms with Gasteiger partial charge in [-0.15, -0.1) is 0 Å². The monoisotopic (exact) mass is 589 g/mol. The molecule has 11 heteroatoms. The van der Waals surface area contributed by atoms with Crippen LogP contribution in [0.4, 0.5) is 8.78 Å². The van der Waals surface area contributed by atoms with E-state index in [9.17, 15) is 23.2 Å². The van der Waals surface area contributed by atoms with E-state index in [0.717, 1.165) is 23.4 Å². The zero-order valence-electron chi connectivity index (χ0n) is 24.4.